The standard InChI is InChI=1S/C78H152O17P2/c1-9-70(7)56-48-40-32-24-20-16-12-14-18-22-26-35-44-52-60-77(82)94-74(65-89-76(81)59-51-43-37-29-31-39-47-55-69(5)6)67-93-97(86,87)91-63-72(79)62-90-96(84,85)92-66-73(95-78(83)61-53-45-36-28-27-33-41-49-57-71(8)10-2)64-88-75(80)58-50-42-34-25-21-17-13-11-15-19-23-30-38-46-54-68(3)4/h68-74,79H,9-67H2,1-8H3,(H,84,85)(H,86,87)/t70?,71?,72?,73-,74-/m1/s1. The molecule has 0 rings (SSSR count). The zero-order chi connectivity index (χ0) is 71.7. The average molecular weight is 1420 g/mol. The molecule has 0 radical (unpaired) electrons. The summed E-state index contributed by atoms with van der Waals surface area (Å²) in [5.74, 6) is 1.000. The largest absolute Gasteiger partial charge is 0.472 e. The molecule has 17 nitrogen and oxygen atoms in total. The van der Waals surface area contributed by atoms with Crippen molar-refractivity contribution in [1.29, 1.82) is 0 Å². The molecule has 0 saturated carbocycles. The van der Waals surface area contributed by atoms with E-state index < -0.39 is 97.5 Å². The molecular formula is C78H152O17P2. The van der Waals surface area contributed by atoms with Crippen molar-refractivity contribution in [1.82, 2.24) is 0 Å². The van der Waals surface area contributed by atoms with Crippen LogP contribution in [0.15, 0.2) is 0 Å². The fourth-order valence-corrected chi connectivity index (χ4v) is 13.4. The summed E-state index contributed by atoms with van der Waals surface area (Å²) in [5, 5.41) is 10.6. The quantitative estimate of drug-likeness (QED) is 0.0222. The zero-order valence-electron chi connectivity index (χ0n) is 63.7. The highest BCUT2D eigenvalue weighted by atomic mass is 31.2. The highest BCUT2D eigenvalue weighted by Crippen LogP contribution is 2.45. The Morgan fingerprint density at radius 1 is 0.289 bits per heavy atom. The van der Waals surface area contributed by atoms with Crippen LogP contribution in [-0.2, 0) is 65.4 Å². The van der Waals surface area contributed by atoms with Crippen molar-refractivity contribution in [3.8, 4) is 0 Å². The van der Waals surface area contributed by atoms with Gasteiger partial charge in [-0.2, -0.15) is 0 Å². The number of hydrogen-bond acceptors (Lipinski definition) is 15. The molecule has 576 valence electrons. The number of ether oxygens (including phenoxy) is 4. The molecule has 97 heavy (non-hydrogen) atoms. The number of phosphoric acid groups is 2. The summed E-state index contributed by atoms with van der Waals surface area (Å²) in [7, 11) is -9.92. The number of esters is 4. The summed E-state index contributed by atoms with van der Waals surface area (Å²) in [6.07, 6.45) is 52.7. The number of unbranched alkanes of at least 4 members (excludes halogenated alkanes) is 39. The van der Waals surface area contributed by atoms with Crippen LogP contribution in [0.1, 0.15) is 396 Å². The number of phosphoric ester groups is 2. The van der Waals surface area contributed by atoms with Gasteiger partial charge in [-0.3, -0.25) is 37.3 Å². The van der Waals surface area contributed by atoms with Gasteiger partial charge in [0.25, 0.3) is 0 Å². The molecule has 0 bridgehead atoms. The molecular weight excluding hydrogens is 1270 g/mol. The summed E-state index contributed by atoms with van der Waals surface area (Å²) in [4.78, 5) is 72.9. The van der Waals surface area contributed by atoms with Gasteiger partial charge in [0, 0.05) is 25.7 Å². The Morgan fingerprint density at radius 3 is 0.732 bits per heavy atom. The summed E-state index contributed by atoms with van der Waals surface area (Å²) in [5.41, 5.74) is 0. The molecule has 0 aromatic heterocycles. The number of carbonyl (C=O) groups is 4. The molecule has 0 amide bonds. The van der Waals surface area contributed by atoms with Crippen molar-refractivity contribution < 1.29 is 80.2 Å². The minimum absolute atomic E-state index is 0.105. The van der Waals surface area contributed by atoms with Gasteiger partial charge in [-0.25, -0.2) is 9.13 Å². The fraction of sp³-hybridized carbons (Fsp3) is 0.949. The van der Waals surface area contributed by atoms with Crippen LogP contribution in [0, 0.1) is 23.7 Å². The normalized spacial score (nSPS) is 14.6. The van der Waals surface area contributed by atoms with Gasteiger partial charge in [0.05, 0.1) is 26.4 Å². The van der Waals surface area contributed by atoms with Crippen molar-refractivity contribution in [2.75, 3.05) is 39.6 Å². The maximum Gasteiger partial charge on any atom is 0.472 e. The smallest absolute Gasteiger partial charge is 0.462 e. The molecule has 3 N–H and O–H groups in total. The van der Waals surface area contributed by atoms with E-state index in [4.69, 9.17) is 37.0 Å². The maximum atomic E-state index is 13.1. The van der Waals surface area contributed by atoms with E-state index in [1.807, 2.05) is 0 Å². The van der Waals surface area contributed by atoms with Crippen LogP contribution in [0.4, 0.5) is 0 Å². The monoisotopic (exact) mass is 1420 g/mol. The van der Waals surface area contributed by atoms with E-state index in [1.54, 1.807) is 0 Å². The average Bonchev–Trinajstić information content (AvgIpc) is 1.99. The van der Waals surface area contributed by atoms with Crippen molar-refractivity contribution in [3.63, 3.8) is 0 Å². The summed E-state index contributed by atoms with van der Waals surface area (Å²) in [6.45, 7) is 14.2. The summed E-state index contributed by atoms with van der Waals surface area (Å²) >= 11 is 0. The lowest BCUT2D eigenvalue weighted by Crippen LogP contribution is -2.30. The molecule has 0 aliphatic carbocycles. The molecule has 7 atom stereocenters. The molecule has 5 unspecified atom stereocenters. The van der Waals surface area contributed by atoms with E-state index >= 15 is 0 Å². The van der Waals surface area contributed by atoms with Gasteiger partial charge in [0.15, 0.2) is 12.2 Å². The number of aliphatic hydroxyl groups excluding tert-OH is 1. The Morgan fingerprint density at radius 2 is 0.495 bits per heavy atom. The molecule has 0 saturated heterocycles. The number of carbonyl (C=O) groups excluding carboxylic acids is 4. The molecule has 0 fully saturated rings. The van der Waals surface area contributed by atoms with Gasteiger partial charge >= 0.3 is 39.5 Å². The van der Waals surface area contributed by atoms with Crippen LogP contribution in [0.25, 0.3) is 0 Å². The van der Waals surface area contributed by atoms with E-state index in [1.165, 1.54) is 193 Å². The van der Waals surface area contributed by atoms with E-state index in [0.29, 0.717) is 31.6 Å². The topological polar surface area (TPSA) is 237 Å². The zero-order valence-corrected chi connectivity index (χ0v) is 65.5. The van der Waals surface area contributed by atoms with E-state index in [2.05, 4.69) is 55.4 Å². The molecule has 19 heteroatoms. The van der Waals surface area contributed by atoms with Crippen LogP contribution >= 0.6 is 15.6 Å². The minimum Gasteiger partial charge on any atom is -0.462 e. The van der Waals surface area contributed by atoms with Crippen molar-refractivity contribution >= 4 is 39.5 Å². The van der Waals surface area contributed by atoms with Crippen LogP contribution in [0.3, 0.4) is 0 Å². The Kier molecular flexibility index (Phi) is 65.9. The first-order valence-corrected chi connectivity index (χ1v) is 43.3. The van der Waals surface area contributed by atoms with Crippen LogP contribution < -0.4 is 0 Å². The van der Waals surface area contributed by atoms with Gasteiger partial charge < -0.3 is 33.8 Å². The number of rotatable bonds is 75. The van der Waals surface area contributed by atoms with Crippen LogP contribution in [0.2, 0.25) is 0 Å². The van der Waals surface area contributed by atoms with E-state index in [9.17, 15) is 43.2 Å². The lowest BCUT2D eigenvalue weighted by atomic mass is 9.99. The summed E-state index contributed by atoms with van der Waals surface area (Å²) in [6, 6.07) is 0. The Labute approximate surface area is 594 Å². The SMILES string of the molecule is CCC(C)CCCCCCCCCCCCCCCCC(=O)O[C@H](COC(=O)CCCCCCCCCC(C)C)COP(=O)(O)OCC(O)COP(=O)(O)OC[C@@H](COC(=O)CCCCCCCCCCCCCCCCC(C)C)OC(=O)CCCCCCCCCCC(C)CC. The number of aliphatic hydroxyl groups is 1. The van der Waals surface area contributed by atoms with Gasteiger partial charge in [-0.15, -0.1) is 0 Å². The molecule has 0 aliphatic heterocycles. The second-order valence-electron chi connectivity index (χ2n) is 29.5. The van der Waals surface area contributed by atoms with Gasteiger partial charge in [-0.05, 0) is 49.4 Å². The molecule has 0 heterocycles. The first-order valence-electron chi connectivity index (χ1n) is 40.3. The molecule has 0 spiro atoms. The highest BCUT2D eigenvalue weighted by molar-refractivity contribution is 7.47. The maximum absolute atomic E-state index is 13.1. The van der Waals surface area contributed by atoms with Crippen LogP contribution in [-0.4, -0.2) is 96.7 Å². The van der Waals surface area contributed by atoms with Gasteiger partial charge in [0.2, 0.25) is 0 Å². The highest BCUT2D eigenvalue weighted by Gasteiger charge is 2.30. The summed E-state index contributed by atoms with van der Waals surface area (Å²) < 4.78 is 68.6. The molecule has 0 aromatic carbocycles. The van der Waals surface area contributed by atoms with Crippen LogP contribution in [0.5, 0.6) is 0 Å². The fourth-order valence-electron chi connectivity index (χ4n) is 11.8. The predicted molar refractivity (Wildman–Crippen MR) is 395 cm³/mol. The van der Waals surface area contributed by atoms with Gasteiger partial charge in [0.1, 0.15) is 19.3 Å². The molecule has 0 aliphatic rings. The Hall–Kier alpha value is -1.94. The second-order valence-corrected chi connectivity index (χ2v) is 32.4. The van der Waals surface area contributed by atoms with E-state index in [-0.39, 0.29) is 25.7 Å². The van der Waals surface area contributed by atoms with Crippen molar-refractivity contribution in [2.45, 2.75) is 414 Å². The number of hydrogen-bond donors (Lipinski definition) is 3. The third-order valence-corrected chi connectivity index (χ3v) is 20.7. The molecule has 0 aromatic rings. The minimum atomic E-state index is -4.96. The second kappa shape index (κ2) is 67.2. The lowest BCUT2D eigenvalue weighted by Gasteiger charge is -2.21. The van der Waals surface area contributed by atoms with E-state index in [0.717, 1.165) is 114 Å². The Balaban J connectivity index is 5.22. The Bertz CT molecular complexity index is 1910. The van der Waals surface area contributed by atoms with Gasteiger partial charge in [-0.1, -0.05) is 344 Å². The van der Waals surface area contributed by atoms with Crippen molar-refractivity contribution in [2.24, 2.45) is 23.7 Å². The first-order chi connectivity index (χ1) is 46.7. The first kappa shape index (κ1) is 95.1. The third-order valence-electron chi connectivity index (χ3n) is 18.8. The third kappa shape index (κ3) is 69.5. The predicted octanol–water partition coefficient (Wildman–Crippen LogP) is 22.8. The lowest BCUT2D eigenvalue weighted by molar-refractivity contribution is -0.161. The van der Waals surface area contributed by atoms with Crippen molar-refractivity contribution in [3.05, 3.63) is 0 Å².